The molecule has 0 radical (unpaired) electrons. The number of para-hydroxylation sites is 1. The lowest BCUT2D eigenvalue weighted by molar-refractivity contribution is 0.863. The number of benzene rings is 1. The number of aryl methyl sites for hydroxylation is 1. The summed E-state index contributed by atoms with van der Waals surface area (Å²) in [7, 11) is 0. The molecule has 94 valence electrons. The predicted octanol–water partition coefficient (Wildman–Crippen LogP) is 3.99. The minimum atomic E-state index is 0.845. The number of aromatic nitrogens is 2. The van der Waals surface area contributed by atoms with Gasteiger partial charge in [0.2, 0.25) is 0 Å². The maximum atomic E-state index is 4.53. The van der Waals surface area contributed by atoms with E-state index >= 15 is 0 Å². The third kappa shape index (κ3) is 2.63. The quantitative estimate of drug-likeness (QED) is 0.660. The Labute approximate surface area is 115 Å². The fourth-order valence-electron chi connectivity index (χ4n) is 1.83. The topological polar surface area (TPSA) is 30.2 Å². The zero-order chi connectivity index (χ0) is 13.1. The Hall–Kier alpha value is -2.20. The Kier molecular flexibility index (Phi) is 3.25. The van der Waals surface area contributed by atoms with Crippen molar-refractivity contribution >= 4 is 23.4 Å². The van der Waals surface area contributed by atoms with Crippen molar-refractivity contribution in [2.45, 2.75) is 6.92 Å². The number of rotatable bonds is 3. The lowest BCUT2D eigenvalue weighted by atomic mass is 10.3. The maximum Gasteiger partial charge on any atom is 0.155 e. The summed E-state index contributed by atoms with van der Waals surface area (Å²) >= 11 is 1.67. The Morgan fingerprint density at radius 1 is 1.16 bits per heavy atom. The van der Waals surface area contributed by atoms with Crippen molar-refractivity contribution in [3.8, 4) is 5.69 Å². The van der Waals surface area contributed by atoms with Crippen LogP contribution < -0.4 is 0 Å². The standard InChI is InChI=1S/C15H13N3S/c1-12-10-15(16-11-14-8-5-9-19-14)18(17-12)13-6-3-2-4-7-13/h2-11H,1H3/b16-11+. The van der Waals surface area contributed by atoms with Gasteiger partial charge in [-0.15, -0.1) is 11.3 Å². The van der Waals surface area contributed by atoms with Gasteiger partial charge < -0.3 is 0 Å². The molecule has 0 amide bonds. The average Bonchev–Trinajstić information content (AvgIpc) is 3.06. The zero-order valence-corrected chi connectivity index (χ0v) is 11.3. The molecule has 0 aliphatic rings. The number of nitrogens with zero attached hydrogens (tertiary/aromatic N) is 3. The van der Waals surface area contributed by atoms with Crippen LogP contribution >= 0.6 is 11.3 Å². The largest absolute Gasteiger partial charge is 0.236 e. The van der Waals surface area contributed by atoms with E-state index in [2.05, 4.69) is 10.1 Å². The van der Waals surface area contributed by atoms with E-state index in [4.69, 9.17) is 0 Å². The summed E-state index contributed by atoms with van der Waals surface area (Å²) in [6, 6.07) is 16.1. The van der Waals surface area contributed by atoms with Gasteiger partial charge in [0.25, 0.3) is 0 Å². The summed E-state index contributed by atoms with van der Waals surface area (Å²) < 4.78 is 1.86. The number of thiophene rings is 1. The lowest BCUT2D eigenvalue weighted by Gasteiger charge is -2.02. The summed E-state index contributed by atoms with van der Waals surface area (Å²) in [5, 5.41) is 6.53. The van der Waals surface area contributed by atoms with Crippen molar-refractivity contribution in [1.82, 2.24) is 9.78 Å². The monoisotopic (exact) mass is 267 g/mol. The van der Waals surface area contributed by atoms with E-state index in [1.165, 1.54) is 0 Å². The summed E-state index contributed by atoms with van der Waals surface area (Å²) in [6.45, 7) is 1.98. The van der Waals surface area contributed by atoms with Crippen LogP contribution in [0.2, 0.25) is 0 Å². The molecule has 0 aliphatic carbocycles. The molecule has 2 heterocycles. The van der Waals surface area contributed by atoms with Crippen LogP contribution in [0.15, 0.2) is 58.9 Å². The Bertz CT molecular complexity index is 682. The number of aliphatic imine (C=N–C) groups is 1. The summed E-state index contributed by atoms with van der Waals surface area (Å²) in [5.74, 6) is 0.845. The van der Waals surface area contributed by atoms with Gasteiger partial charge >= 0.3 is 0 Å². The van der Waals surface area contributed by atoms with Gasteiger partial charge in [-0.25, -0.2) is 9.67 Å². The van der Waals surface area contributed by atoms with Crippen molar-refractivity contribution in [1.29, 1.82) is 0 Å². The second-order valence-corrected chi connectivity index (χ2v) is 5.14. The molecule has 19 heavy (non-hydrogen) atoms. The normalized spacial score (nSPS) is 11.2. The number of hydrogen-bond donors (Lipinski definition) is 0. The Balaban J connectivity index is 1.98. The predicted molar refractivity (Wildman–Crippen MR) is 79.9 cm³/mol. The minimum absolute atomic E-state index is 0.845. The molecule has 3 rings (SSSR count). The first-order chi connectivity index (χ1) is 9.33. The molecule has 3 nitrogen and oxygen atoms in total. The smallest absolute Gasteiger partial charge is 0.155 e. The third-order valence-corrected chi connectivity index (χ3v) is 3.49. The highest BCUT2D eigenvalue weighted by Gasteiger charge is 2.05. The van der Waals surface area contributed by atoms with E-state index in [1.54, 1.807) is 11.3 Å². The molecule has 0 saturated carbocycles. The average molecular weight is 267 g/mol. The molecule has 1 aromatic carbocycles. The molecule has 0 bridgehead atoms. The van der Waals surface area contributed by atoms with Crippen molar-refractivity contribution in [3.05, 3.63) is 64.5 Å². The molecule has 3 aromatic rings. The fraction of sp³-hybridized carbons (Fsp3) is 0.0667. The molecule has 0 atom stereocenters. The van der Waals surface area contributed by atoms with Gasteiger partial charge in [0.15, 0.2) is 5.82 Å². The molecule has 0 aliphatic heterocycles. The first-order valence-corrected chi connectivity index (χ1v) is 6.90. The van der Waals surface area contributed by atoms with E-state index in [0.717, 1.165) is 22.1 Å². The SMILES string of the molecule is Cc1cc(/N=C/c2cccs2)n(-c2ccccc2)n1. The van der Waals surface area contributed by atoms with Crippen molar-refractivity contribution < 1.29 is 0 Å². The molecule has 4 heteroatoms. The minimum Gasteiger partial charge on any atom is -0.236 e. The third-order valence-electron chi connectivity index (χ3n) is 2.68. The lowest BCUT2D eigenvalue weighted by Crippen LogP contribution is -1.95. The summed E-state index contributed by atoms with van der Waals surface area (Å²) in [5.41, 5.74) is 1.98. The molecule has 0 unspecified atom stereocenters. The van der Waals surface area contributed by atoms with Gasteiger partial charge in [0.05, 0.1) is 11.4 Å². The molecular formula is C15H13N3S. The van der Waals surface area contributed by atoms with Gasteiger partial charge in [-0.05, 0) is 30.5 Å². The molecule has 0 fully saturated rings. The second kappa shape index (κ2) is 5.20. The van der Waals surface area contributed by atoms with Crippen LogP contribution in [0, 0.1) is 6.92 Å². The zero-order valence-electron chi connectivity index (χ0n) is 10.5. The highest BCUT2D eigenvalue weighted by atomic mass is 32.1. The van der Waals surface area contributed by atoms with Gasteiger partial charge in [0, 0.05) is 17.2 Å². The van der Waals surface area contributed by atoms with Crippen LogP contribution in [0.5, 0.6) is 0 Å². The highest BCUT2D eigenvalue weighted by molar-refractivity contribution is 7.11. The Morgan fingerprint density at radius 3 is 2.74 bits per heavy atom. The first kappa shape index (κ1) is 11.9. The van der Waals surface area contributed by atoms with Crippen molar-refractivity contribution in [2.75, 3.05) is 0 Å². The van der Waals surface area contributed by atoms with E-state index in [-0.39, 0.29) is 0 Å². The molecule has 2 aromatic heterocycles. The van der Waals surface area contributed by atoms with Crippen LogP contribution in [0.3, 0.4) is 0 Å². The first-order valence-electron chi connectivity index (χ1n) is 6.02. The Morgan fingerprint density at radius 2 is 2.00 bits per heavy atom. The molecule has 0 spiro atoms. The van der Waals surface area contributed by atoms with E-state index in [9.17, 15) is 0 Å². The maximum absolute atomic E-state index is 4.53. The van der Waals surface area contributed by atoms with Crippen LogP contribution in [-0.4, -0.2) is 16.0 Å². The van der Waals surface area contributed by atoms with Gasteiger partial charge in [-0.1, -0.05) is 24.3 Å². The molecule has 0 N–H and O–H groups in total. The van der Waals surface area contributed by atoms with Crippen molar-refractivity contribution in [2.24, 2.45) is 4.99 Å². The summed E-state index contributed by atoms with van der Waals surface area (Å²) in [6.07, 6.45) is 1.88. The van der Waals surface area contributed by atoms with E-state index < -0.39 is 0 Å². The number of hydrogen-bond acceptors (Lipinski definition) is 3. The molecule has 0 saturated heterocycles. The van der Waals surface area contributed by atoms with E-state index in [0.29, 0.717) is 0 Å². The second-order valence-electron chi connectivity index (χ2n) is 4.16. The van der Waals surface area contributed by atoms with Crippen LogP contribution in [-0.2, 0) is 0 Å². The molecular weight excluding hydrogens is 254 g/mol. The van der Waals surface area contributed by atoms with Gasteiger partial charge in [0.1, 0.15) is 0 Å². The van der Waals surface area contributed by atoms with Gasteiger partial charge in [-0.3, -0.25) is 0 Å². The van der Waals surface area contributed by atoms with E-state index in [1.807, 2.05) is 71.7 Å². The van der Waals surface area contributed by atoms with Crippen LogP contribution in [0.25, 0.3) is 5.69 Å². The van der Waals surface area contributed by atoms with Crippen LogP contribution in [0.1, 0.15) is 10.6 Å². The summed E-state index contributed by atoms with van der Waals surface area (Å²) in [4.78, 5) is 5.67. The fourth-order valence-corrected chi connectivity index (χ4v) is 2.42. The highest BCUT2D eigenvalue weighted by Crippen LogP contribution is 2.20. The van der Waals surface area contributed by atoms with Crippen molar-refractivity contribution in [3.63, 3.8) is 0 Å². The van der Waals surface area contributed by atoms with Crippen LogP contribution in [0.4, 0.5) is 5.82 Å². The van der Waals surface area contributed by atoms with Gasteiger partial charge in [-0.2, -0.15) is 5.10 Å².